The second kappa shape index (κ2) is 5.13. The summed E-state index contributed by atoms with van der Waals surface area (Å²) in [5.74, 6) is -6.75. The molecule has 19 heavy (non-hydrogen) atoms. The summed E-state index contributed by atoms with van der Waals surface area (Å²) in [6, 6.07) is 4.89. The van der Waals surface area contributed by atoms with Crippen molar-refractivity contribution in [2.45, 2.75) is 0 Å². The zero-order valence-corrected chi connectivity index (χ0v) is 10.8. The average Bonchev–Trinajstić information content (AvgIpc) is 2.38. The Morgan fingerprint density at radius 2 is 1.47 bits per heavy atom. The highest BCUT2D eigenvalue weighted by atomic mass is 79.9. The Kier molecular flexibility index (Phi) is 3.71. The zero-order valence-electron chi connectivity index (χ0n) is 9.18. The molecule has 0 saturated carbocycles. The van der Waals surface area contributed by atoms with Gasteiger partial charge in [-0.05, 0) is 30.3 Å². The standard InChI is InChI=1S/C13H5BrF4O/c14-6-1-3-9(15)8(5-6)13(19)7-2-4-10(16)12(18)11(7)17/h1-5H. The van der Waals surface area contributed by atoms with Crippen molar-refractivity contribution in [2.75, 3.05) is 0 Å². The van der Waals surface area contributed by atoms with Gasteiger partial charge >= 0.3 is 0 Å². The molecule has 0 amide bonds. The van der Waals surface area contributed by atoms with Gasteiger partial charge in [-0.2, -0.15) is 0 Å². The lowest BCUT2D eigenvalue weighted by atomic mass is 10.0. The fourth-order valence-corrected chi connectivity index (χ4v) is 1.88. The topological polar surface area (TPSA) is 17.1 Å². The number of hydrogen-bond acceptors (Lipinski definition) is 1. The summed E-state index contributed by atoms with van der Waals surface area (Å²) in [6.07, 6.45) is 0. The fourth-order valence-electron chi connectivity index (χ4n) is 1.52. The Balaban J connectivity index is 2.56. The van der Waals surface area contributed by atoms with Gasteiger partial charge in [0.1, 0.15) is 5.82 Å². The minimum absolute atomic E-state index is 0.403. The molecule has 0 N–H and O–H groups in total. The maximum atomic E-state index is 13.5. The normalized spacial score (nSPS) is 10.6. The highest BCUT2D eigenvalue weighted by Crippen LogP contribution is 2.22. The van der Waals surface area contributed by atoms with Crippen molar-refractivity contribution in [3.05, 3.63) is 69.2 Å². The van der Waals surface area contributed by atoms with Gasteiger partial charge in [0.05, 0.1) is 11.1 Å². The minimum Gasteiger partial charge on any atom is -0.288 e. The highest BCUT2D eigenvalue weighted by Gasteiger charge is 2.22. The summed E-state index contributed by atoms with van der Waals surface area (Å²) in [5.41, 5.74) is -1.16. The Hall–Kier alpha value is -1.69. The van der Waals surface area contributed by atoms with Gasteiger partial charge in [-0.1, -0.05) is 15.9 Å². The lowest BCUT2D eigenvalue weighted by Gasteiger charge is -2.05. The maximum absolute atomic E-state index is 13.5. The predicted molar refractivity (Wildman–Crippen MR) is 63.8 cm³/mol. The number of carbonyl (C=O) groups is 1. The molecule has 2 aromatic carbocycles. The van der Waals surface area contributed by atoms with Crippen LogP contribution in [-0.4, -0.2) is 5.78 Å². The summed E-state index contributed by atoms with van der Waals surface area (Å²) in [6.45, 7) is 0. The smallest absolute Gasteiger partial charge is 0.199 e. The third-order valence-corrected chi connectivity index (χ3v) is 2.95. The van der Waals surface area contributed by atoms with Crippen molar-refractivity contribution in [1.82, 2.24) is 0 Å². The Morgan fingerprint density at radius 3 is 2.16 bits per heavy atom. The molecule has 0 aliphatic rings. The van der Waals surface area contributed by atoms with Crippen LogP contribution in [0.1, 0.15) is 15.9 Å². The van der Waals surface area contributed by atoms with E-state index in [1.165, 1.54) is 6.07 Å². The number of halogens is 5. The summed E-state index contributed by atoms with van der Waals surface area (Å²) in [5, 5.41) is 0. The predicted octanol–water partition coefficient (Wildman–Crippen LogP) is 4.24. The van der Waals surface area contributed by atoms with Gasteiger partial charge in [-0.25, -0.2) is 17.6 Å². The van der Waals surface area contributed by atoms with Crippen molar-refractivity contribution >= 4 is 21.7 Å². The van der Waals surface area contributed by atoms with Gasteiger partial charge < -0.3 is 0 Å². The van der Waals surface area contributed by atoms with Crippen molar-refractivity contribution in [2.24, 2.45) is 0 Å². The Bertz CT molecular complexity index is 670. The number of benzene rings is 2. The molecule has 2 aromatic rings. The first-order chi connectivity index (χ1) is 8.91. The second-order valence-electron chi connectivity index (χ2n) is 3.68. The van der Waals surface area contributed by atoms with Crippen LogP contribution in [-0.2, 0) is 0 Å². The molecule has 0 fully saturated rings. The highest BCUT2D eigenvalue weighted by molar-refractivity contribution is 9.10. The van der Waals surface area contributed by atoms with Crippen LogP contribution < -0.4 is 0 Å². The van der Waals surface area contributed by atoms with Gasteiger partial charge in [0.2, 0.25) is 0 Å². The van der Waals surface area contributed by atoms with E-state index in [-0.39, 0.29) is 0 Å². The minimum atomic E-state index is -1.76. The molecule has 0 aliphatic heterocycles. The Morgan fingerprint density at radius 1 is 0.842 bits per heavy atom. The fraction of sp³-hybridized carbons (Fsp3) is 0. The van der Waals surface area contributed by atoms with Gasteiger partial charge in [0.25, 0.3) is 0 Å². The summed E-state index contributed by atoms with van der Waals surface area (Å²) >= 11 is 3.04. The molecule has 0 unspecified atom stereocenters. The third-order valence-electron chi connectivity index (χ3n) is 2.45. The molecular weight excluding hydrogens is 328 g/mol. The zero-order chi connectivity index (χ0) is 14.2. The molecule has 98 valence electrons. The lowest BCUT2D eigenvalue weighted by molar-refractivity contribution is 0.103. The molecule has 0 heterocycles. The van der Waals surface area contributed by atoms with Crippen molar-refractivity contribution in [3.8, 4) is 0 Å². The van der Waals surface area contributed by atoms with Gasteiger partial charge in [-0.3, -0.25) is 4.79 Å². The van der Waals surface area contributed by atoms with E-state index < -0.39 is 40.2 Å². The number of ketones is 1. The average molecular weight is 333 g/mol. The molecule has 6 heteroatoms. The number of hydrogen-bond donors (Lipinski definition) is 0. The molecule has 0 spiro atoms. The number of carbonyl (C=O) groups excluding carboxylic acids is 1. The van der Waals surface area contributed by atoms with E-state index in [2.05, 4.69) is 15.9 Å². The van der Waals surface area contributed by atoms with Crippen LogP contribution in [0.25, 0.3) is 0 Å². The molecular formula is C13H5BrF4O. The largest absolute Gasteiger partial charge is 0.288 e. The van der Waals surface area contributed by atoms with Crippen LogP contribution in [0.5, 0.6) is 0 Å². The van der Waals surface area contributed by atoms with Crippen molar-refractivity contribution in [1.29, 1.82) is 0 Å². The first kappa shape index (κ1) is 13.7. The lowest BCUT2D eigenvalue weighted by Crippen LogP contribution is -2.09. The van der Waals surface area contributed by atoms with E-state index in [1.54, 1.807) is 0 Å². The van der Waals surface area contributed by atoms with Crippen LogP contribution in [0.2, 0.25) is 0 Å². The number of rotatable bonds is 2. The molecule has 0 atom stereocenters. The van der Waals surface area contributed by atoms with Crippen LogP contribution >= 0.6 is 15.9 Å². The molecule has 1 nitrogen and oxygen atoms in total. The molecule has 0 aromatic heterocycles. The van der Waals surface area contributed by atoms with E-state index in [0.717, 1.165) is 18.2 Å². The Labute approximate surface area is 114 Å². The molecule has 0 aliphatic carbocycles. The first-order valence-corrected chi connectivity index (χ1v) is 5.84. The first-order valence-electron chi connectivity index (χ1n) is 5.05. The van der Waals surface area contributed by atoms with E-state index in [1.807, 2.05) is 0 Å². The van der Waals surface area contributed by atoms with Crippen molar-refractivity contribution in [3.63, 3.8) is 0 Å². The van der Waals surface area contributed by atoms with Crippen LogP contribution in [0.15, 0.2) is 34.8 Å². The van der Waals surface area contributed by atoms with Gasteiger partial charge in [0.15, 0.2) is 23.2 Å². The maximum Gasteiger partial charge on any atom is 0.199 e. The van der Waals surface area contributed by atoms with E-state index in [0.29, 0.717) is 10.5 Å². The third kappa shape index (κ3) is 2.53. The van der Waals surface area contributed by atoms with E-state index in [9.17, 15) is 22.4 Å². The summed E-state index contributed by atoms with van der Waals surface area (Å²) in [7, 11) is 0. The van der Waals surface area contributed by atoms with Gasteiger partial charge in [0, 0.05) is 4.47 Å². The van der Waals surface area contributed by atoms with Gasteiger partial charge in [-0.15, -0.1) is 0 Å². The summed E-state index contributed by atoms with van der Waals surface area (Å²) in [4.78, 5) is 11.9. The van der Waals surface area contributed by atoms with Crippen LogP contribution in [0, 0.1) is 23.3 Å². The molecule has 0 saturated heterocycles. The quantitative estimate of drug-likeness (QED) is 0.457. The second-order valence-corrected chi connectivity index (χ2v) is 4.59. The van der Waals surface area contributed by atoms with Crippen molar-refractivity contribution < 1.29 is 22.4 Å². The van der Waals surface area contributed by atoms with E-state index >= 15 is 0 Å². The van der Waals surface area contributed by atoms with E-state index in [4.69, 9.17) is 0 Å². The van der Waals surface area contributed by atoms with Crippen LogP contribution in [0.4, 0.5) is 17.6 Å². The molecule has 0 bridgehead atoms. The summed E-state index contributed by atoms with van der Waals surface area (Å²) < 4.78 is 53.2. The SMILES string of the molecule is O=C(c1cc(Br)ccc1F)c1ccc(F)c(F)c1F. The van der Waals surface area contributed by atoms with Crippen LogP contribution in [0.3, 0.4) is 0 Å². The molecule has 0 radical (unpaired) electrons. The molecule has 2 rings (SSSR count). The monoisotopic (exact) mass is 332 g/mol.